The van der Waals surface area contributed by atoms with Gasteiger partial charge in [0.25, 0.3) is 0 Å². The van der Waals surface area contributed by atoms with Gasteiger partial charge in [0.2, 0.25) is 5.95 Å². The number of aromatic amines is 1. The summed E-state index contributed by atoms with van der Waals surface area (Å²) in [6.07, 6.45) is -2.77. The summed E-state index contributed by atoms with van der Waals surface area (Å²) in [7, 11) is 1.79. The van der Waals surface area contributed by atoms with Crippen molar-refractivity contribution in [3.8, 4) is 34.3 Å². The predicted molar refractivity (Wildman–Crippen MR) is 148 cm³/mol. The molecule has 0 radical (unpaired) electrons. The van der Waals surface area contributed by atoms with Crippen molar-refractivity contribution < 1.29 is 17.9 Å². The van der Waals surface area contributed by atoms with Gasteiger partial charge in [0.05, 0.1) is 22.3 Å². The molecule has 0 amide bonds. The zero-order valence-corrected chi connectivity index (χ0v) is 21.5. The molecule has 3 aromatic carbocycles. The number of fused-ring (bicyclic) bond motifs is 1. The Morgan fingerprint density at radius 2 is 1.68 bits per heavy atom. The minimum Gasteiger partial charge on any atom is -0.457 e. The van der Waals surface area contributed by atoms with Gasteiger partial charge in [-0.3, -0.25) is 4.98 Å². The molecule has 40 heavy (non-hydrogen) atoms. The standard InChI is InChI=1S/C30H23F3N6O/c1-18-27(19-7-4-3-5-8-19)38-28(35-18)25-17-23(13-14-34-25)40-22-11-12-26-24(16-22)37-29(39(26)2)36-21-10-6-9-20(15-21)30(31,32)33/h3-17H,1-2H3,(H,35,38)(H,36,37). The summed E-state index contributed by atoms with van der Waals surface area (Å²) in [4.78, 5) is 17.1. The highest BCUT2D eigenvalue weighted by Gasteiger charge is 2.30. The van der Waals surface area contributed by atoms with Crippen molar-refractivity contribution in [2.45, 2.75) is 13.1 Å². The molecule has 7 nitrogen and oxygen atoms in total. The number of pyridine rings is 1. The Labute approximate surface area is 227 Å². The van der Waals surface area contributed by atoms with E-state index in [1.165, 1.54) is 6.07 Å². The lowest BCUT2D eigenvalue weighted by Gasteiger charge is -2.10. The molecule has 0 bridgehead atoms. The Balaban J connectivity index is 1.24. The van der Waals surface area contributed by atoms with Gasteiger partial charge in [-0.25, -0.2) is 9.97 Å². The highest BCUT2D eigenvalue weighted by molar-refractivity contribution is 5.81. The number of alkyl halides is 3. The molecular formula is C30H23F3N6O. The molecule has 3 heterocycles. The first kappa shape index (κ1) is 25.2. The summed E-state index contributed by atoms with van der Waals surface area (Å²) in [6, 6.07) is 23.9. The van der Waals surface area contributed by atoms with Crippen LogP contribution in [0.1, 0.15) is 11.3 Å². The number of benzene rings is 3. The number of aryl methyl sites for hydroxylation is 2. The second-order valence-electron chi connectivity index (χ2n) is 9.25. The number of hydrogen-bond acceptors (Lipinski definition) is 5. The van der Waals surface area contributed by atoms with Gasteiger partial charge >= 0.3 is 6.18 Å². The average Bonchev–Trinajstić information content (AvgIpc) is 3.48. The molecule has 0 fully saturated rings. The van der Waals surface area contributed by atoms with Crippen LogP contribution in [-0.2, 0) is 13.2 Å². The highest BCUT2D eigenvalue weighted by atomic mass is 19.4. The normalized spacial score (nSPS) is 11.6. The van der Waals surface area contributed by atoms with Gasteiger partial charge in [-0.05, 0) is 43.3 Å². The lowest BCUT2D eigenvalue weighted by molar-refractivity contribution is -0.137. The van der Waals surface area contributed by atoms with E-state index in [2.05, 4.69) is 20.3 Å². The summed E-state index contributed by atoms with van der Waals surface area (Å²) in [5, 5.41) is 2.98. The number of anilines is 2. The summed E-state index contributed by atoms with van der Waals surface area (Å²) < 4.78 is 47.2. The first-order valence-corrected chi connectivity index (χ1v) is 12.4. The number of nitrogens with one attached hydrogen (secondary N) is 2. The lowest BCUT2D eigenvalue weighted by Crippen LogP contribution is -2.06. The fraction of sp³-hybridized carbons (Fsp3) is 0.100. The zero-order valence-electron chi connectivity index (χ0n) is 21.5. The molecule has 6 aromatic rings. The summed E-state index contributed by atoms with van der Waals surface area (Å²) in [5.41, 5.74) is 4.41. The summed E-state index contributed by atoms with van der Waals surface area (Å²) in [6.45, 7) is 1.97. The molecule has 0 saturated heterocycles. The third-order valence-corrected chi connectivity index (χ3v) is 6.44. The largest absolute Gasteiger partial charge is 0.457 e. The smallest absolute Gasteiger partial charge is 0.416 e. The molecule has 0 atom stereocenters. The second kappa shape index (κ2) is 9.88. The molecule has 3 aromatic heterocycles. The zero-order chi connectivity index (χ0) is 27.9. The Morgan fingerprint density at radius 1 is 0.875 bits per heavy atom. The Hall–Kier alpha value is -5.12. The second-order valence-corrected chi connectivity index (χ2v) is 9.25. The van der Waals surface area contributed by atoms with Crippen LogP contribution in [0.25, 0.3) is 33.8 Å². The molecule has 200 valence electrons. The third-order valence-electron chi connectivity index (χ3n) is 6.44. The van der Waals surface area contributed by atoms with Gasteiger partial charge in [-0.1, -0.05) is 36.4 Å². The lowest BCUT2D eigenvalue weighted by atomic mass is 10.1. The summed E-state index contributed by atoms with van der Waals surface area (Å²) >= 11 is 0. The van der Waals surface area contributed by atoms with Crippen LogP contribution in [0.5, 0.6) is 11.5 Å². The predicted octanol–water partition coefficient (Wildman–Crippen LogP) is 7.89. The van der Waals surface area contributed by atoms with Crippen molar-refractivity contribution in [1.29, 1.82) is 0 Å². The topological polar surface area (TPSA) is 80.6 Å². The van der Waals surface area contributed by atoms with Gasteiger partial charge in [0.1, 0.15) is 17.2 Å². The van der Waals surface area contributed by atoms with Gasteiger partial charge < -0.3 is 19.6 Å². The van der Waals surface area contributed by atoms with E-state index in [9.17, 15) is 13.2 Å². The maximum atomic E-state index is 13.1. The van der Waals surface area contributed by atoms with Crippen molar-refractivity contribution in [2.75, 3.05) is 5.32 Å². The molecule has 10 heteroatoms. The van der Waals surface area contributed by atoms with Gasteiger partial charge in [-0.15, -0.1) is 0 Å². The molecule has 0 aliphatic rings. The third kappa shape index (κ3) is 4.98. The number of halogens is 3. The molecule has 0 aliphatic carbocycles. The Bertz CT molecular complexity index is 1830. The van der Waals surface area contributed by atoms with Crippen molar-refractivity contribution in [1.82, 2.24) is 24.5 Å². The van der Waals surface area contributed by atoms with Crippen LogP contribution < -0.4 is 10.1 Å². The van der Waals surface area contributed by atoms with Crippen molar-refractivity contribution >= 4 is 22.7 Å². The van der Waals surface area contributed by atoms with E-state index in [4.69, 9.17) is 9.72 Å². The van der Waals surface area contributed by atoms with Gasteiger partial charge in [0, 0.05) is 42.3 Å². The molecule has 6 rings (SSSR count). The van der Waals surface area contributed by atoms with E-state index in [-0.39, 0.29) is 5.69 Å². The number of hydrogen-bond donors (Lipinski definition) is 2. The minimum absolute atomic E-state index is 0.289. The van der Waals surface area contributed by atoms with Gasteiger partial charge in [-0.2, -0.15) is 13.2 Å². The molecule has 0 unspecified atom stereocenters. The molecule has 2 N–H and O–H groups in total. The van der Waals surface area contributed by atoms with Gasteiger partial charge in [0.15, 0.2) is 5.82 Å². The van der Waals surface area contributed by atoms with E-state index in [1.807, 2.05) is 49.4 Å². The van der Waals surface area contributed by atoms with Crippen molar-refractivity contribution in [2.24, 2.45) is 7.05 Å². The van der Waals surface area contributed by atoms with Crippen LogP contribution in [-0.4, -0.2) is 24.5 Å². The van der Waals surface area contributed by atoms with Crippen LogP contribution in [0, 0.1) is 6.92 Å². The molecule has 0 spiro atoms. The molecule has 0 aliphatic heterocycles. The highest BCUT2D eigenvalue weighted by Crippen LogP contribution is 2.33. The summed E-state index contributed by atoms with van der Waals surface area (Å²) in [5.74, 6) is 2.15. The number of rotatable bonds is 6. The first-order chi connectivity index (χ1) is 19.2. The number of nitrogens with zero attached hydrogens (tertiary/aromatic N) is 4. The Morgan fingerprint density at radius 3 is 2.48 bits per heavy atom. The first-order valence-electron chi connectivity index (χ1n) is 12.4. The van der Waals surface area contributed by atoms with Crippen LogP contribution in [0.4, 0.5) is 24.8 Å². The van der Waals surface area contributed by atoms with Crippen molar-refractivity contribution in [3.63, 3.8) is 0 Å². The van der Waals surface area contributed by atoms with Crippen LogP contribution in [0.2, 0.25) is 0 Å². The van der Waals surface area contributed by atoms with E-state index in [0.717, 1.165) is 34.6 Å². The number of imidazole rings is 2. The van der Waals surface area contributed by atoms with Crippen LogP contribution >= 0.6 is 0 Å². The monoisotopic (exact) mass is 540 g/mol. The fourth-order valence-corrected chi connectivity index (χ4v) is 4.46. The van der Waals surface area contributed by atoms with Crippen LogP contribution in [0.15, 0.2) is 91.1 Å². The van der Waals surface area contributed by atoms with Crippen LogP contribution in [0.3, 0.4) is 0 Å². The van der Waals surface area contributed by atoms with Crippen molar-refractivity contribution in [3.05, 3.63) is 102 Å². The SMILES string of the molecule is Cc1[nH]c(-c2cc(Oc3ccc4c(c3)nc(Nc3cccc(C(F)(F)F)c3)n4C)ccn2)nc1-c1ccccc1. The number of aromatic nitrogens is 5. The maximum absolute atomic E-state index is 13.1. The Kier molecular flexibility index (Phi) is 6.22. The van der Waals surface area contributed by atoms with E-state index >= 15 is 0 Å². The van der Waals surface area contributed by atoms with E-state index < -0.39 is 11.7 Å². The quantitative estimate of drug-likeness (QED) is 0.225. The molecule has 0 saturated carbocycles. The maximum Gasteiger partial charge on any atom is 0.416 e. The average molecular weight is 541 g/mol. The number of ether oxygens (including phenoxy) is 1. The number of H-pyrrole nitrogens is 1. The minimum atomic E-state index is -4.43. The molecular weight excluding hydrogens is 517 g/mol. The van der Waals surface area contributed by atoms with E-state index in [0.29, 0.717) is 34.5 Å². The fourth-order valence-electron chi connectivity index (χ4n) is 4.46. The van der Waals surface area contributed by atoms with E-state index in [1.54, 1.807) is 42.1 Å².